The molecule has 1 aliphatic heterocycles. The van der Waals surface area contributed by atoms with Gasteiger partial charge in [0.2, 0.25) is 0 Å². The Balaban J connectivity index is 0.000000236. The van der Waals surface area contributed by atoms with Gasteiger partial charge in [0.05, 0.1) is 0 Å². The third-order valence-electron chi connectivity index (χ3n) is 7.38. The standard InChI is InChI=1S/C21H27N2.C14H21NO.2ClH.Ru/c1-14-9-16(3)20(17(4)10-14)22-7-8-23(13-22)21-18(5)11-15(2)12-19(21)6;1-6-15(7-2)13-9-8-12(5)14(10-13)16-11(3)4;;;/h9-13H,7-8H2,1-6H3;5,8-11H,6-7H2,1-4H3;2*1H;/q-1;;;;+2/p-2. The number of rotatable bonds is 8. The molecule has 0 radical (unpaired) electrons. The van der Waals surface area contributed by atoms with E-state index in [1.165, 1.54) is 50.4 Å². The number of anilines is 3. The van der Waals surface area contributed by atoms with E-state index in [-0.39, 0.29) is 6.10 Å². The minimum Gasteiger partial charge on any atom is -0.502 e. The van der Waals surface area contributed by atoms with Gasteiger partial charge in [0, 0.05) is 24.5 Å². The van der Waals surface area contributed by atoms with Crippen molar-refractivity contribution in [1.29, 1.82) is 0 Å². The summed E-state index contributed by atoms with van der Waals surface area (Å²) in [6.07, 6.45) is 0.130. The Labute approximate surface area is 268 Å². The van der Waals surface area contributed by atoms with Crippen LogP contribution in [0.2, 0.25) is 0 Å². The van der Waals surface area contributed by atoms with E-state index in [1.54, 1.807) is 0 Å². The molecule has 3 aromatic rings. The molecule has 3 aromatic carbocycles. The summed E-state index contributed by atoms with van der Waals surface area (Å²) in [7, 11) is 11.9. The van der Waals surface area contributed by atoms with Gasteiger partial charge in [-0.1, -0.05) is 35.4 Å². The molecule has 7 heteroatoms. The Kier molecular flexibility index (Phi) is 12.8. The monoisotopic (exact) mass is 698 g/mol. The first-order chi connectivity index (χ1) is 19.8. The van der Waals surface area contributed by atoms with Crippen molar-refractivity contribution in [3.63, 3.8) is 0 Å². The van der Waals surface area contributed by atoms with Crippen molar-refractivity contribution in [3.8, 4) is 5.75 Å². The molecular formula is C35H48Cl2N3ORu-. The van der Waals surface area contributed by atoms with Crippen molar-refractivity contribution in [2.75, 3.05) is 40.9 Å². The molecule has 232 valence electrons. The number of nitrogens with zero attached hydrogens (tertiary/aromatic N) is 3. The summed E-state index contributed by atoms with van der Waals surface area (Å²) < 4.78 is 7.80. The predicted octanol–water partition coefficient (Wildman–Crippen LogP) is 9.38. The minimum absolute atomic E-state index is 0.130. The Morgan fingerprint density at radius 2 is 1.26 bits per heavy atom. The molecule has 1 saturated heterocycles. The predicted molar refractivity (Wildman–Crippen MR) is 183 cm³/mol. The van der Waals surface area contributed by atoms with Crippen molar-refractivity contribution in [3.05, 3.63) is 88.1 Å². The van der Waals surface area contributed by atoms with Gasteiger partial charge >= 0.3 is 129 Å². The number of hydrogen-bond donors (Lipinski definition) is 0. The van der Waals surface area contributed by atoms with Gasteiger partial charge in [-0.3, -0.25) is 0 Å². The van der Waals surface area contributed by atoms with Crippen molar-refractivity contribution in [1.82, 2.24) is 0 Å². The van der Waals surface area contributed by atoms with Crippen molar-refractivity contribution >= 4 is 41.1 Å². The van der Waals surface area contributed by atoms with Crippen molar-refractivity contribution in [2.45, 2.75) is 75.3 Å². The third-order valence-corrected chi connectivity index (χ3v) is 9.21. The van der Waals surface area contributed by atoms with Gasteiger partial charge in [-0.05, 0) is 63.8 Å². The second-order valence-electron chi connectivity index (χ2n) is 11.4. The summed E-state index contributed by atoms with van der Waals surface area (Å²) >= 11 is -1.84. The second-order valence-corrected chi connectivity index (χ2v) is 17.1. The molecule has 0 spiro atoms. The smallest absolute Gasteiger partial charge is 0.0146 e. The Bertz CT molecular complexity index is 1290. The molecule has 1 heterocycles. The van der Waals surface area contributed by atoms with Gasteiger partial charge in [-0.25, -0.2) is 0 Å². The average molecular weight is 699 g/mol. The van der Waals surface area contributed by atoms with E-state index in [0.717, 1.165) is 37.5 Å². The molecule has 1 aliphatic rings. The van der Waals surface area contributed by atoms with E-state index in [4.69, 9.17) is 24.1 Å². The molecule has 0 amide bonds. The zero-order valence-electron chi connectivity index (χ0n) is 27.0. The Hall–Kier alpha value is -2.07. The van der Waals surface area contributed by atoms with Gasteiger partial charge in [-0.15, -0.1) is 0 Å². The number of hydrogen-bond acceptors (Lipinski definition) is 4. The molecule has 4 nitrogen and oxygen atoms in total. The largest absolute Gasteiger partial charge is 0.502 e. The van der Waals surface area contributed by atoms with Crippen LogP contribution in [0.5, 0.6) is 5.75 Å². The van der Waals surface area contributed by atoms with Crippen LogP contribution in [0, 0.1) is 48.2 Å². The van der Waals surface area contributed by atoms with Crippen molar-refractivity contribution in [2.24, 2.45) is 0 Å². The first-order valence-electron chi connectivity index (χ1n) is 14.8. The topological polar surface area (TPSA) is 19.0 Å². The average Bonchev–Trinajstić information content (AvgIpc) is 3.33. The van der Waals surface area contributed by atoms with E-state index in [9.17, 15) is 0 Å². The molecular weight excluding hydrogens is 650 g/mol. The summed E-state index contributed by atoms with van der Waals surface area (Å²) in [5.41, 5.74) is 13.0. The van der Waals surface area contributed by atoms with Crippen LogP contribution < -0.4 is 19.4 Å². The van der Waals surface area contributed by atoms with Crippen LogP contribution in [0.1, 0.15) is 66.6 Å². The molecule has 0 atom stereocenters. The van der Waals surface area contributed by atoms with E-state index in [1.807, 2.05) is 24.5 Å². The molecule has 0 N–H and O–H groups in total. The van der Waals surface area contributed by atoms with Crippen molar-refractivity contribution < 1.29 is 18.3 Å². The van der Waals surface area contributed by atoms with Crippen LogP contribution in [-0.4, -0.2) is 36.9 Å². The minimum atomic E-state index is -1.84. The van der Waals surface area contributed by atoms with E-state index in [2.05, 4.69) is 113 Å². The van der Waals surface area contributed by atoms with Gasteiger partial charge in [-0.2, -0.15) is 6.67 Å². The Morgan fingerprint density at radius 1 is 0.810 bits per heavy atom. The number of benzene rings is 3. The van der Waals surface area contributed by atoms with E-state index < -0.39 is 13.5 Å². The number of ether oxygens (including phenoxy) is 1. The van der Waals surface area contributed by atoms with Crippen LogP contribution in [0.4, 0.5) is 17.1 Å². The van der Waals surface area contributed by atoms with Crippen LogP contribution in [0.25, 0.3) is 0 Å². The maximum absolute atomic E-state index is 5.96. The molecule has 1 fully saturated rings. The molecule has 0 aliphatic carbocycles. The fraction of sp³-hybridized carbons (Fsp3) is 0.429. The quantitative estimate of drug-likeness (QED) is 0.172. The van der Waals surface area contributed by atoms with Crippen LogP contribution in [0.3, 0.4) is 0 Å². The maximum atomic E-state index is 5.96. The van der Waals surface area contributed by atoms with Gasteiger partial charge in [0.15, 0.2) is 0 Å². The zero-order valence-corrected chi connectivity index (χ0v) is 30.2. The molecule has 0 unspecified atom stereocenters. The fourth-order valence-electron chi connectivity index (χ4n) is 5.92. The fourth-order valence-corrected chi connectivity index (χ4v) is 7.73. The van der Waals surface area contributed by atoms with Crippen LogP contribution in [0.15, 0.2) is 42.5 Å². The number of aryl methyl sites for hydroxylation is 6. The summed E-state index contributed by atoms with van der Waals surface area (Å²) in [5, 5.41) is 0. The van der Waals surface area contributed by atoms with E-state index >= 15 is 0 Å². The molecule has 0 aromatic heterocycles. The third kappa shape index (κ3) is 8.97. The first-order valence-corrected chi connectivity index (χ1v) is 20.2. The van der Waals surface area contributed by atoms with Gasteiger partial charge < -0.3 is 9.80 Å². The van der Waals surface area contributed by atoms with Gasteiger partial charge in [0.1, 0.15) is 0 Å². The maximum Gasteiger partial charge on any atom is 0.0146 e. The van der Waals surface area contributed by atoms with Crippen LogP contribution >= 0.6 is 19.4 Å². The Morgan fingerprint density at radius 3 is 1.64 bits per heavy atom. The molecule has 0 saturated carbocycles. The SMILES string of the molecule is CCN(CC)c1ccc([CH]=[Ru]([Cl])[Cl])c(OC(C)C)c1.Cc1cc(C)c(N2[CH-]N(c3c(C)cc(C)cc3C)CC2)c(C)c1. The summed E-state index contributed by atoms with van der Waals surface area (Å²) in [6.45, 7) is 27.9. The molecule has 42 heavy (non-hydrogen) atoms. The molecule has 0 bridgehead atoms. The van der Waals surface area contributed by atoms with E-state index in [0.29, 0.717) is 0 Å². The van der Waals surface area contributed by atoms with Crippen LogP contribution in [-0.2, 0) is 13.5 Å². The normalized spacial score (nSPS) is 13.2. The summed E-state index contributed by atoms with van der Waals surface area (Å²) in [6, 6.07) is 15.3. The summed E-state index contributed by atoms with van der Waals surface area (Å²) in [5.74, 6) is 0.861. The first kappa shape index (κ1) is 34.4. The van der Waals surface area contributed by atoms with Gasteiger partial charge in [0.25, 0.3) is 0 Å². The zero-order chi connectivity index (χ0) is 31.1. The molecule has 4 rings (SSSR count). The number of halogens is 2. The second kappa shape index (κ2) is 15.6. The summed E-state index contributed by atoms with van der Waals surface area (Å²) in [4.78, 5) is 7.10.